The van der Waals surface area contributed by atoms with Crippen LogP contribution in [0.5, 0.6) is 0 Å². The van der Waals surface area contributed by atoms with Crippen molar-refractivity contribution in [2.75, 3.05) is 0 Å². The van der Waals surface area contributed by atoms with Gasteiger partial charge < -0.3 is 10.6 Å². The van der Waals surface area contributed by atoms with Gasteiger partial charge in [0.25, 0.3) is 0 Å². The number of benzene rings is 1. The smallest absolute Gasteiger partial charge is 0.315 e. The fraction of sp³-hybridized carbons (Fsp3) is 0.500. The monoisotopic (exact) mass is 266 g/mol. The van der Waals surface area contributed by atoms with Crippen LogP contribution >= 0.6 is 11.6 Å². The summed E-state index contributed by atoms with van der Waals surface area (Å²) in [5, 5.41) is 6.57. The maximum atomic E-state index is 11.8. The van der Waals surface area contributed by atoms with E-state index < -0.39 is 0 Å². The molecular weight excluding hydrogens is 248 g/mol. The molecule has 1 aliphatic rings. The summed E-state index contributed by atoms with van der Waals surface area (Å²) in [6.45, 7) is 2.65. The Morgan fingerprint density at radius 2 is 2.17 bits per heavy atom. The third-order valence-corrected chi connectivity index (χ3v) is 3.94. The molecule has 1 aromatic rings. The van der Waals surface area contributed by atoms with Gasteiger partial charge in [-0.05, 0) is 30.4 Å². The van der Waals surface area contributed by atoms with Crippen LogP contribution in [0.3, 0.4) is 0 Å². The van der Waals surface area contributed by atoms with E-state index in [1.165, 1.54) is 12.8 Å². The highest BCUT2D eigenvalue weighted by molar-refractivity contribution is 6.31. The van der Waals surface area contributed by atoms with Crippen LogP contribution in [0.2, 0.25) is 5.02 Å². The summed E-state index contributed by atoms with van der Waals surface area (Å²) in [7, 11) is 0. The lowest BCUT2D eigenvalue weighted by atomic mass is 10.1. The lowest BCUT2D eigenvalue weighted by molar-refractivity contribution is 0.234. The van der Waals surface area contributed by atoms with E-state index in [2.05, 4.69) is 17.6 Å². The molecule has 0 spiro atoms. The molecule has 18 heavy (non-hydrogen) atoms. The Balaban J connectivity index is 1.80. The molecule has 3 nitrogen and oxygen atoms in total. The first-order chi connectivity index (χ1) is 8.66. The number of halogens is 1. The van der Waals surface area contributed by atoms with Crippen molar-refractivity contribution in [1.82, 2.24) is 10.6 Å². The number of carbonyl (C=O) groups excluding carboxylic acids is 1. The van der Waals surface area contributed by atoms with Crippen LogP contribution in [-0.4, -0.2) is 12.1 Å². The second-order valence-electron chi connectivity index (χ2n) is 4.93. The van der Waals surface area contributed by atoms with Crippen molar-refractivity contribution in [2.24, 2.45) is 5.92 Å². The molecule has 0 heterocycles. The third kappa shape index (κ3) is 3.39. The molecule has 2 N–H and O–H groups in total. The van der Waals surface area contributed by atoms with Gasteiger partial charge in [-0.25, -0.2) is 4.79 Å². The van der Waals surface area contributed by atoms with Crippen LogP contribution in [0.4, 0.5) is 4.79 Å². The lowest BCUT2D eigenvalue weighted by Crippen LogP contribution is -2.42. The average molecular weight is 267 g/mol. The minimum Gasteiger partial charge on any atom is -0.335 e. The summed E-state index contributed by atoms with van der Waals surface area (Å²) >= 11 is 6.03. The van der Waals surface area contributed by atoms with E-state index in [0.717, 1.165) is 12.0 Å². The van der Waals surface area contributed by atoms with Crippen LogP contribution in [-0.2, 0) is 6.54 Å². The normalized spacial score (nSPS) is 22.8. The van der Waals surface area contributed by atoms with Crippen LogP contribution in [0, 0.1) is 5.92 Å². The van der Waals surface area contributed by atoms with Crippen molar-refractivity contribution in [3.8, 4) is 0 Å². The number of carbonyl (C=O) groups is 1. The summed E-state index contributed by atoms with van der Waals surface area (Å²) in [5.41, 5.74) is 0.939. The van der Waals surface area contributed by atoms with Crippen LogP contribution in [0.1, 0.15) is 31.7 Å². The lowest BCUT2D eigenvalue weighted by Gasteiger charge is -2.17. The van der Waals surface area contributed by atoms with E-state index in [0.29, 0.717) is 23.5 Å². The second kappa shape index (κ2) is 6.10. The topological polar surface area (TPSA) is 41.1 Å². The van der Waals surface area contributed by atoms with Gasteiger partial charge in [0.05, 0.1) is 0 Å². The zero-order valence-electron chi connectivity index (χ0n) is 10.6. The van der Waals surface area contributed by atoms with Gasteiger partial charge in [0.1, 0.15) is 0 Å². The zero-order valence-corrected chi connectivity index (χ0v) is 11.3. The zero-order chi connectivity index (χ0) is 13.0. The summed E-state index contributed by atoms with van der Waals surface area (Å²) in [4.78, 5) is 11.8. The number of rotatable bonds is 3. The molecule has 1 aromatic carbocycles. The predicted molar refractivity (Wildman–Crippen MR) is 73.6 cm³/mol. The fourth-order valence-corrected chi connectivity index (χ4v) is 2.60. The minimum absolute atomic E-state index is 0.103. The molecule has 98 valence electrons. The van der Waals surface area contributed by atoms with E-state index in [9.17, 15) is 4.79 Å². The van der Waals surface area contributed by atoms with Crippen LogP contribution in [0.15, 0.2) is 24.3 Å². The molecule has 4 heteroatoms. The highest BCUT2D eigenvalue weighted by Crippen LogP contribution is 2.24. The van der Waals surface area contributed by atoms with Crippen molar-refractivity contribution in [3.05, 3.63) is 34.9 Å². The SMILES string of the molecule is CC1CCCC1NC(=O)NCc1ccccc1Cl. The molecule has 0 aromatic heterocycles. The fourth-order valence-electron chi connectivity index (χ4n) is 2.40. The quantitative estimate of drug-likeness (QED) is 0.866. The predicted octanol–water partition coefficient (Wildman–Crippen LogP) is 3.33. The van der Waals surface area contributed by atoms with Crippen molar-refractivity contribution in [2.45, 2.75) is 38.8 Å². The highest BCUT2D eigenvalue weighted by atomic mass is 35.5. The Kier molecular flexibility index (Phi) is 4.48. The number of hydrogen-bond donors (Lipinski definition) is 2. The van der Waals surface area contributed by atoms with Crippen LogP contribution < -0.4 is 10.6 Å². The summed E-state index contributed by atoms with van der Waals surface area (Å²) in [5.74, 6) is 0.580. The summed E-state index contributed by atoms with van der Waals surface area (Å²) < 4.78 is 0. The Hall–Kier alpha value is -1.22. The van der Waals surface area contributed by atoms with Gasteiger partial charge in [-0.15, -0.1) is 0 Å². The molecule has 1 aliphatic carbocycles. The second-order valence-corrected chi connectivity index (χ2v) is 5.34. The van der Waals surface area contributed by atoms with Gasteiger partial charge in [0.2, 0.25) is 0 Å². The largest absolute Gasteiger partial charge is 0.335 e. The number of hydrogen-bond acceptors (Lipinski definition) is 1. The van der Waals surface area contributed by atoms with E-state index in [-0.39, 0.29) is 6.03 Å². The van der Waals surface area contributed by atoms with Gasteiger partial charge in [-0.1, -0.05) is 43.1 Å². The first kappa shape index (κ1) is 13.2. The molecule has 1 saturated carbocycles. The van der Waals surface area contributed by atoms with Crippen molar-refractivity contribution >= 4 is 17.6 Å². The molecule has 0 bridgehead atoms. The number of urea groups is 1. The average Bonchev–Trinajstić information content (AvgIpc) is 2.74. The molecule has 2 unspecified atom stereocenters. The first-order valence-corrected chi connectivity index (χ1v) is 6.82. The molecule has 0 aliphatic heterocycles. The minimum atomic E-state index is -0.103. The highest BCUT2D eigenvalue weighted by Gasteiger charge is 2.24. The molecule has 2 amide bonds. The van der Waals surface area contributed by atoms with E-state index in [4.69, 9.17) is 11.6 Å². The third-order valence-electron chi connectivity index (χ3n) is 3.58. The standard InChI is InChI=1S/C14H19ClN2O/c1-10-5-4-8-13(10)17-14(18)16-9-11-6-2-3-7-12(11)15/h2-3,6-7,10,13H,4-5,8-9H2,1H3,(H2,16,17,18). The number of nitrogens with one attached hydrogen (secondary N) is 2. The van der Waals surface area contributed by atoms with Gasteiger partial charge in [0.15, 0.2) is 0 Å². The Morgan fingerprint density at radius 1 is 1.39 bits per heavy atom. The first-order valence-electron chi connectivity index (χ1n) is 6.44. The van der Waals surface area contributed by atoms with Crippen molar-refractivity contribution < 1.29 is 4.79 Å². The van der Waals surface area contributed by atoms with Gasteiger partial charge in [-0.2, -0.15) is 0 Å². The Morgan fingerprint density at radius 3 is 2.83 bits per heavy atom. The molecule has 2 atom stereocenters. The maximum Gasteiger partial charge on any atom is 0.315 e. The molecule has 1 fully saturated rings. The van der Waals surface area contributed by atoms with E-state index in [1.807, 2.05) is 24.3 Å². The molecule has 2 rings (SSSR count). The van der Waals surface area contributed by atoms with Crippen molar-refractivity contribution in [1.29, 1.82) is 0 Å². The maximum absolute atomic E-state index is 11.8. The summed E-state index contributed by atoms with van der Waals surface area (Å²) in [6.07, 6.45) is 3.49. The number of amides is 2. The molecule has 0 saturated heterocycles. The van der Waals surface area contributed by atoms with E-state index in [1.54, 1.807) is 0 Å². The van der Waals surface area contributed by atoms with Gasteiger partial charge >= 0.3 is 6.03 Å². The summed E-state index contributed by atoms with van der Waals surface area (Å²) in [6, 6.07) is 7.76. The molecular formula is C14H19ClN2O. The van der Waals surface area contributed by atoms with Gasteiger partial charge in [-0.3, -0.25) is 0 Å². The van der Waals surface area contributed by atoms with Crippen LogP contribution in [0.25, 0.3) is 0 Å². The Labute approximate surface area is 113 Å². The Bertz CT molecular complexity index is 422. The van der Waals surface area contributed by atoms with E-state index >= 15 is 0 Å². The molecule has 0 radical (unpaired) electrons. The van der Waals surface area contributed by atoms with Gasteiger partial charge in [0, 0.05) is 17.6 Å². The van der Waals surface area contributed by atoms with Crippen molar-refractivity contribution in [3.63, 3.8) is 0 Å².